The molecule has 3 aromatic carbocycles. The molecule has 3 saturated heterocycles. The van der Waals surface area contributed by atoms with Crippen LogP contribution in [-0.2, 0) is 25.7 Å². The van der Waals surface area contributed by atoms with Crippen molar-refractivity contribution in [3.8, 4) is 5.75 Å². The van der Waals surface area contributed by atoms with Gasteiger partial charge in [-0.3, -0.25) is 29.0 Å². The summed E-state index contributed by atoms with van der Waals surface area (Å²) >= 11 is 15.0. The molecule has 0 bridgehead atoms. The van der Waals surface area contributed by atoms with Crippen LogP contribution < -0.4 is 9.64 Å². The lowest BCUT2D eigenvalue weighted by atomic mass is 9.56. The Labute approximate surface area is 310 Å². The van der Waals surface area contributed by atoms with Gasteiger partial charge in [-0.2, -0.15) is 0 Å². The molecule has 0 aromatic heterocycles. The smallest absolute Gasteiger partial charge is 0.258 e. The third-order valence-corrected chi connectivity index (χ3v) is 13.1. The van der Waals surface area contributed by atoms with Gasteiger partial charge in [0.25, 0.3) is 11.8 Å². The number of halogens is 3. The SMILES string of the molecule is O=C1[C@H]2[C@H](CC=C3[C@H]2C[C@@]2(Cl)C(=O)N(c4ccc(F)cc4)C(=O)[C@@]2(Cl)[C@H]3c2ccccc2OCCO)C(=O)N1C1CCN(Cc2ccccc2)CC1. The van der Waals surface area contributed by atoms with Crippen LogP contribution in [0.25, 0.3) is 0 Å². The van der Waals surface area contributed by atoms with Gasteiger partial charge in [-0.05, 0) is 67.5 Å². The Hall–Kier alpha value is -4.09. The molecule has 3 aliphatic heterocycles. The molecule has 52 heavy (non-hydrogen) atoms. The van der Waals surface area contributed by atoms with Crippen molar-refractivity contribution >= 4 is 52.5 Å². The number of alkyl halides is 2. The van der Waals surface area contributed by atoms with Crippen molar-refractivity contribution in [3.63, 3.8) is 0 Å². The first kappa shape index (κ1) is 35.0. The molecule has 2 aliphatic carbocycles. The molecule has 4 amide bonds. The number of carbonyl (C=O) groups excluding carboxylic acids is 4. The fraction of sp³-hybridized carbons (Fsp3) is 0.400. The van der Waals surface area contributed by atoms with E-state index in [9.17, 15) is 28.7 Å². The second-order valence-corrected chi connectivity index (χ2v) is 15.6. The zero-order valence-corrected chi connectivity index (χ0v) is 29.8. The van der Waals surface area contributed by atoms with Gasteiger partial charge in [0.15, 0.2) is 9.75 Å². The van der Waals surface area contributed by atoms with E-state index in [1.807, 2.05) is 24.3 Å². The van der Waals surface area contributed by atoms with Gasteiger partial charge in [-0.1, -0.05) is 60.2 Å². The van der Waals surface area contributed by atoms with Gasteiger partial charge in [-0.15, -0.1) is 23.2 Å². The molecule has 0 radical (unpaired) electrons. The molecule has 0 spiro atoms. The van der Waals surface area contributed by atoms with Crippen LogP contribution >= 0.6 is 23.2 Å². The Kier molecular flexibility index (Phi) is 9.01. The number of likely N-dealkylation sites (tertiary alicyclic amines) is 2. The largest absolute Gasteiger partial charge is 0.491 e. The highest BCUT2D eigenvalue weighted by atomic mass is 35.5. The summed E-state index contributed by atoms with van der Waals surface area (Å²) in [6.45, 7) is 1.95. The molecule has 1 saturated carbocycles. The summed E-state index contributed by atoms with van der Waals surface area (Å²) in [4.78, 5) is 58.5. The molecule has 9 nitrogen and oxygen atoms in total. The number of anilines is 1. The summed E-state index contributed by atoms with van der Waals surface area (Å²) in [7, 11) is 0. The summed E-state index contributed by atoms with van der Waals surface area (Å²) in [6, 6.07) is 21.8. The molecule has 0 unspecified atom stereocenters. The molecule has 8 rings (SSSR count). The van der Waals surface area contributed by atoms with Crippen molar-refractivity contribution in [3.05, 3.63) is 107 Å². The number of allylic oxidation sites excluding steroid dienone is 2. The number of hydrogen-bond acceptors (Lipinski definition) is 7. The number of carbonyl (C=O) groups is 4. The first-order valence-electron chi connectivity index (χ1n) is 17.8. The highest BCUT2D eigenvalue weighted by molar-refractivity contribution is 6.58. The van der Waals surface area contributed by atoms with Crippen molar-refractivity contribution in [2.75, 3.05) is 31.2 Å². The number of hydrogen-bond donors (Lipinski definition) is 1. The molecule has 5 aliphatic rings. The maximum Gasteiger partial charge on any atom is 0.258 e. The minimum atomic E-state index is -2.08. The minimum Gasteiger partial charge on any atom is -0.491 e. The fourth-order valence-corrected chi connectivity index (χ4v) is 10.2. The average molecular weight is 747 g/mol. The predicted molar refractivity (Wildman–Crippen MR) is 192 cm³/mol. The van der Waals surface area contributed by atoms with E-state index in [1.54, 1.807) is 24.3 Å². The maximum absolute atomic E-state index is 14.6. The molecule has 3 heterocycles. The third-order valence-electron chi connectivity index (χ3n) is 11.7. The van der Waals surface area contributed by atoms with Gasteiger partial charge < -0.3 is 9.84 Å². The van der Waals surface area contributed by atoms with E-state index in [1.165, 1.54) is 22.6 Å². The second kappa shape index (κ2) is 13.4. The van der Waals surface area contributed by atoms with Crippen LogP contribution in [0.2, 0.25) is 0 Å². The molecule has 1 N–H and O–H groups in total. The molecule has 6 atom stereocenters. The van der Waals surface area contributed by atoms with Crippen molar-refractivity contribution in [2.24, 2.45) is 17.8 Å². The number of nitrogens with zero attached hydrogens (tertiary/aromatic N) is 3. The predicted octanol–water partition coefficient (Wildman–Crippen LogP) is 5.42. The number of amides is 4. The number of ether oxygens (including phenoxy) is 1. The first-order chi connectivity index (χ1) is 25.1. The fourth-order valence-electron chi connectivity index (χ4n) is 9.31. The minimum absolute atomic E-state index is 0.0428. The van der Waals surface area contributed by atoms with Crippen LogP contribution in [0.4, 0.5) is 10.1 Å². The lowest BCUT2D eigenvalue weighted by Crippen LogP contribution is -2.60. The highest BCUT2D eigenvalue weighted by Crippen LogP contribution is 2.66. The third kappa shape index (κ3) is 5.32. The van der Waals surface area contributed by atoms with Crippen molar-refractivity contribution < 1.29 is 33.4 Å². The number of aliphatic hydroxyl groups excluding tert-OH is 1. The van der Waals surface area contributed by atoms with E-state index in [-0.39, 0.29) is 49.6 Å². The van der Waals surface area contributed by atoms with Crippen LogP contribution in [0.15, 0.2) is 90.5 Å². The molecule has 3 aromatic rings. The topological polar surface area (TPSA) is 107 Å². The number of rotatable bonds is 8. The number of fused-ring (bicyclic) bond motifs is 4. The number of para-hydroxylation sites is 1. The van der Waals surface area contributed by atoms with E-state index < -0.39 is 51.1 Å². The van der Waals surface area contributed by atoms with Crippen LogP contribution in [0.5, 0.6) is 5.75 Å². The summed E-state index contributed by atoms with van der Waals surface area (Å²) < 4.78 is 19.9. The van der Waals surface area contributed by atoms with E-state index in [4.69, 9.17) is 27.9 Å². The van der Waals surface area contributed by atoms with Gasteiger partial charge in [0.05, 0.1) is 24.1 Å². The van der Waals surface area contributed by atoms with Gasteiger partial charge >= 0.3 is 0 Å². The Morgan fingerprint density at radius 1 is 0.846 bits per heavy atom. The zero-order valence-electron chi connectivity index (χ0n) is 28.3. The van der Waals surface area contributed by atoms with Crippen molar-refractivity contribution in [1.82, 2.24) is 9.80 Å². The van der Waals surface area contributed by atoms with Gasteiger partial charge in [0, 0.05) is 37.2 Å². The summed E-state index contributed by atoms with van der Waals surface area (Å²) in [5, 5.41) is 9.59. The number of aliphatic hydroxyl groups is 1. The highest BCUT2D eigenvalue weighted by Gasteiger charge is 2.77. The normalized spacial score (nSPS) is 30.7. The monoisotopic (exact) mass is 745 g/mol. The average Bonchev–Trinajstić information content (AvgIpc) is 3.49. The standard InChI is InChI=1S/C40H38Cl2FN3O6/c41-39-22-31-28(14-15-30-33(31)36(49)45(35(30)48)27-16-18-44(19-17-27)23-24-6-2-1-3-7-24)34(29-8-4-5-9-32(29)52-21-20-47)40(39,42)38(51)46(37(39)50)26-12-10-25(43)11-13-26/h1-14,27,30-31,33-34,47H,15-23H2/t30-,31+,33-,34+,39+,40-/m0/s1. The number of benzene rings is 3. The zero-order chi connectivity index (χ0) is 36.4. The Morgan fingerprint density at radius 3 is 2.25 bits per heavy atom. The summed E-state index contributed by atoms with van der Waals surface area (Å²) in [5.74, 6) is -5.45. The summed E-state index contributed by atoms with van der Waals surface area (Å²) in [5.41, 5.74) is 2.43. The first-order valence-corrected chi connectivity index (χ1v) is 18.5. The van der Waals surface area contributed by atoms with E-state index in [2.05, 4.69) is 17.0 Å². The molecule has 4 fully saturated rings. The van der Waals surface area contributed by atoms with Crippen LogP contribution in [-0.4, -0.2) is 80.6 Å². The van der Waals surface area contributed by atoms with E-state index in [0.29, 0.717) is 29.7 Å². The van der Waals surface area contributed by atoms with E-state index >= 15 is 0 Å². The molecular formula is C40H38Cl2FN3O6. The Morgan fingerprint density at radius 2 is 1.54 bits per heavy atom. The maximum atomic E-state index is 14.6. The number of imide groups is 2. The van der Waals surface area contributed by atoms with Gasteiger partial charge in [0.1, 0.15) is 18.2 Å². The van der Waals surface area contributed by atoms with Gasteiger partial charge in [-0.25, -0.2) is 9.29 Å². The molecule has 12 heteroatoms. The van der Waals surface area contributed by atoms with Crippen LogP contribution in [0.3, 0.4) is 0 Å². The lowest BCUT2D eigenvalue weighted by molar-refractivity contribution is -0.144. The lowest BCUT2D eigenvalue weighted by Gasteiger charge is -2.51. The van der Waals surface area contributed by atoms with Crippen LogP contribution in [0.1, 0.15) is 42.7 Å². The van der Waals surface area contributed by atoms with Crippen molar-refractivity contribution in [1.29, 1.82) is 0 Å². The molecule has 270 valence electrons. The quantitative estimate of drug-likeness (QED) is 0.186. The summed E-state index contributed by atoms with van der Waals surface area (Å²) in [6.07, 6.45) is 3.29. The van der Waals surface area contributed by atoms with E-state index in [0.717, 1.165) is 36.7 Å². The Bertz CT molecular complexity index is 1950. The Balaban J connectivity index is 1.16. The number of piperidine rings is 1. The van der Waals surface area contributed by atoms with Crippen LogP contribution in [0, 0.1) is 23.6 Å². The van der Waals surface area contributed by atoms with Crippen molar-refractivity contribution in [2.45, 2.75) is 53.9 Å². The molecular weight excluding hydrogens is 708 g/mol. The second-order valence-electron chi connectivity index (χ2n) is 14.4. The van der Waals surface area contributed by atoms with Gasteiger partial charge in [0.2, 0.25) is 11.8 Å².